The topological polar surface area (TPSA) is 0 Å². The summed E-state index contributed by atoms with van der Waals surface area (Å²) in [6.45, 7) is 4.39. The molecule has 0 aliphatic heterocycles. The van der Waals surface area contributed by atoms with E-state index in [9.17, 15) is 0 Å². The molecule has 3 rings (SSSR count). The molecule has 0 saturated heterocycles. The highest BCUT2D eigenvalue weighted by Crippen LogP contribution is 2.30. The Morgan fingerprint density at radius 2 is 1.30 bits per heavy atom. The van der Waals surface area contributed by atoms with Crippen LogP contribution in [0.25, 0.3) is 22.3 Å². The van der Waals surface area contributed by atoms with Crippen LogP contribution in [0.15, 0.2) is 60.7 Å². The van der Waals surface area contributed by atoms with Crippen molar-refractivity contribution in [2.24, 2.45) is 0 Å². The van der Waals surface area contributed by atoms with E-state index in [0.29, 0.717) is 0 Å². The van der Waals surface area contributed by atoms with Crippen LogP contribution < -0.4 is 5.30 Å². The average molecular weight is 336 g/mol. The highest BCUT2D eigenvalue weighted by Gasteiger charge is 2.06. The lowest BCUT2D eigenvalue weighted by atomic mass is 9.94. The van der Waals surface area contributed by atoms with Crippen molar-refractivity contribution >= 4 is 23.8 Å². The average Bonchev–Trinajstić information content (AvgIpc) is 2.55. The van der Waals surface area contributed by atoms with E-state index >= 15 is 0 Å². The second-order valence-electron chi connectivity index (χ2n) is 6.00. The third-order valence-corrected chi connectivity index (χ3v) is 5.17. The Bertz CT molecular complexity index is 833. The zero-order valence-corrected chi connectivity index (χ0v) is 15.9. The maximum atomic E-state index is 2.80. The predicted octanol–water partition coefficient (Wildman–Crippen LogP) is 5.51. The quantitative estimate of drug-likeness (QED) is 0.553. The van der Waals surface area contributed by atoms with Crippen LogP contribution in [0.2, 0.25) is 0 Å². The Morgan fingerprint density at radius 3 is 1.91 bits per heavy atom. The van der Waals surface area contributed by atoms with Gasteiger partial charge in [-0.3, -0.25) is 0 Å². The fraction of sp³-hybridized carbons (Fsp3) is 0.143. The highest BCUT2D eigenvalue weighted by atomic mass is 31.0. The van der Waals surface area contributed by atoms with Crippen molar-refractivity contribution in [1.82, 2.24) is 0 Å². The third-order valence-electron chi connectivity index (χ3n) is 4.34. The van der Waals surface area contributed by atoms with Gasteiger partial charge >= 0.3 is 0 Å². The van der Waals surface area contributed by atoms with Crippen LogP contribution >= 0.6 is 18.5 Å². The van der Waals surface area contributed by atoms with Gasteiger partial charge in [-0.15, -0.1) is 18.5 Å². The summed E-state index contributed by atoms with van der Waals surface area (Å²) >= 11 is 0. The van der Waals surface area contributed by atoms with E-state index in [0.717, 1.165) is 6.16 Å². The van der Waals surface area contributed by atoms with Gasteiger partial charge in [-0.05, 0) is 64.3 Å². The molecule has 0 radical (unpaired) electrons. The molecule has 0 aliphatic rings. The van der Waals surface area contributed by atoms with E-state index in [1.807, 2.05) is 0 Å². The third kappa shape index (κ3) is 3.55. The first kappa shape index (κ1) is 16.4. The summed E-state index contributed by atoms with van der Waals surface area (Å²) in [5.41, 5.74) is 9.22. The first-order valence-electron chi connectivity index (χ1n) is 7.85. The van der Waals surface area contributed by atoms with Crippen LogP contribution in [0.4, 0.5) is 0 Å². The molecule has 0 fully saturated rings. The van der Waals surface area contributed by atoms with Crippen molar-refractivity contribution in [3.8, 4) is 22.3 Å². The van der Waals surface area contributed by atoms with Crippen LogP contribution in [0, 0.1) is 13.8 Å². The van der Waals surface area contributed by atoms with Gasteiger partial charge in [-0.1, -0.05) is 60.7 Å². The van der Waals surface area contributed by atoms with Gasteiger partial charge in [0.15, 0.2) is 0 Å². The molecule has 0 aromatic heterocycles. The van der Waals surface area contributed by atoms with Crippen molar-refractivity contribution < 1.29 is 0 Å². The summed E-state index contributed by atoms with van der Waals surface area (Å²) in [4.78, 5) is 0. The molecule has 2 unspecified atom stereocenters. The molecular weight excluding hydrogens is 314 g/mol. The molecule has 0 aliphatic carbocycles. The highest BCUT2D eigenvalue weighted by molar-refractivity contribution is 7.27. The first-order chi connectivity index (χ1) is 11.1. The molecule has 23 heavy (non-hydrogen) atoms. The maximum Gasteiger partial charge on any atom is -0.0126 e. The molecule has 3 aromatic rings. The molecule has 3 aromatic carbocycles. The van der Waals surface area contributed by atoms with Gasteiger partial charge in [0.25, 0.3) is 0 Å². The number of hydrogen-bond donors (Lipinski definition) is 0. The van der Waals surface area contributed by atoms with E-state index in [-0.39, 0.29) is 0 Å². The van der Waals surface area contributed by atoms with Crippen molar-refractivity contribution in [2.75, 3.05) is 0 Å². The SMILES string of the molecule is Cc1cc(-c2ccc(-c3ccc(P)cc3)cc2C)ccc1CP. The smallest absolute Gasteiger partial charge is 0.0126 e. The zero-order chi connectivity index (χ0) is 16.4. The number of rotatable bonds is 3. The number of hydrogen-bond acceptors (Lipinski definition) is 0. The summed E-state index contributed by atoms with van der Waals surface area (Å²) in [5, 5.41) is 1.21. The Hall–Kier alpha value is -1.48. The molecule has 0 nitrogen and oxygen atoms in total. The second-order valence-corrected chi connectivity index (χ2v) is 7.07. The minimum Gasteiger partial charge on any atom is -0.133 e. The lowest BCUT2D eigenvalue weighted by molar-refractivity contribution is 1.31. The van der Waals surface area contributed by atoms with Gasteiger partial charge in [0.05, 0.1) is 0 Å². The normalized spacial score (nSPS) is 10.8. The molecule has 116 valence electrons. The second kappa shape index (κ2) is 6.96. The van der Waals surface area contributed by atoms with Crippen molar-refractivity contribution in [2.45, 2.75) is 20.0 Å². The summed E-state index contributed by atoms with van der Waals surface area (Å²) < 4.78 is 0. The largest absolute Gasteiger partial charge is 0.133 e. The fourth-order valence-corrected chi connectivity index (χ4v) is 3.59. The van der Waals surface area contributed by atoms with Crippen LogP contribution in [0.1, 0.15) is 16.7 Å². The van der Waals surface area contributed by atoms with Crippen LogP contribution in [0.5, 0.6) is 0 Å². The van der Waals surface area contributed by atoms with Crippen molar-refractivity contribution in [1.29, 1.82) is 0 Å². The molecule has 2 heteroatoms. The predicted molar refractivity (Wildman–Crippen MR) is 110 cm³/mol. The molecule has 0 saturated carbocycles. The molecule has 0 spiro atoms. The zero-order valence-electron chi connectivity index (χ0n) is 13.6. The van der Waals surface area contributed by atoms with Crippen LogP contribution in [-0.2, 0) is 6.16 Å². The van der Waals surface area contributed by atoms with Gasteiger partial charge in [0.2, 0.25) is 0 Å². The van der Waals surface area contributed by atoms with Crippen LogP contribution in [0.3, 0.4) is 0 Å². The van der Waals surface area contributed by atoms with E-state index in [1.54, 1.807) is 0 Å². The van der Waals surface area contributed by atoms with Gasteiger partial charge in [-0.2, -0.15) is 0 Å². The van der Waals surface area contributed by atoms with E-state index in [1.165, 1.54) is 44.2 Å². The molecule has 0 heterocycles. The first-order valence-corrected chi connectivity index (χ1v) is 9.24. The van der Waals surface area contributed by atoms with Crippen LogP contribution in [-0.4, -0.2) is 0 Å². The fourth-order valence-electron chi connectivity index (χ4n) is 2.94. The summed E-state index contributed by atoms with van der Waals surface area (Å²) in [7, 11) is 5.53. The lowest BCUT2D eigenvalue weighted by Crippen LogP contribution is -1.91. The van der Waals surface area contributed by atoms with Gasteiger partial charge in [0, 0.05) is 0 Å². The van der Waals surface area contributed by atoms with Crippen molar-refractivity contribution in [3.63, 3.8) is 0 Å². The number of benzene rings is 3. The molecular formula is C21H22P2. The van der Waals surface area contributed by atoms with Gasteiger partial charge in [-0.25, -0.2) is 0 Å². The Kier molecular flexibility index (Phi) is 4.96. The minimum absolute atomic E-state index is 1.01. The minimum atomic E-state index is 1.01. The molecule has 2 atom stereocenters. The monoisotopic (exact) mass is 336 g/mol. The summed E-state index contributed by atoms with van der Waals surface area (Å²) in [6, 6.07) is 22.1. The summed E-state index contributed by atoms with van der Waals surface area (Å²) in [6.07, 6.45) is 1.01. The molecule has 0 N–H and O–H groups in total. The molecule has 0 amide bonds. The Labute approximate surface area is 143 Å². The maximum absolute atomic E-state index is 2.80. The Morgan fingerprint density at radius 1 is 0.696 bits per heavy atom. The standard InChI is InChI=1S/C21H22P2/c1-14-11-18(3-4-19(14)13-22)21-10-7-17(12-15(21)2)16-5-8-20(23)9-6-16/h3-12H,13,22-23H2,1-2H3. The van der Waals surface area contributed by atoms with Gasteiger partial charge < -0.3 is 0 Å². The van der Waals surface area contributed by atoms with Gasteiger partial charge in [0.1, 0.15) is 0 Å². The van der Waals surface area contributed by atoms with E-state index < -0.39 is 0 Å². The lowest BCUT2D eigenvalue weighted by Gasteiger charge is -2.12. The Balaban J connectivity index is 1.99. The number of aryl methyl sites for hydroxylation is 2. The van der Waals surface area contributed by atoms with Crippen molar-refractivity contribution in [3.05, 3.63) is 77.4 Å². The van der Waals surface area contributed by atoms with E-state index in [2.05, 4.69) is 93.0 Å². The summed E-state index contributed by atoms with van der Waals surface area (Å²) in [5.74, 6) is 0. The molecule has 0 bridgehead atoms. The van der Waals surface area contributed by atoms with E-state index in [4.69, 9.17) is 0 Å².